The lowest BCUT2D eigenvalue weighted by atomic mass is 10.1. The highest BCUT2D eigenvalue weighted by molar-refractivity contribution is 5.92. The molecular weight excluding hydrogens is 346 g/mol. The zero-order valence-electron chi connectivity index (χ0n) is 15.6. The summed E-state index contributed by atoms with van der Waals surface area (Å²) in [6.07, 6.45) is 1.82. The summed E-state index contributed by atoms with van der Waals surface area (Å²) in [6, 6.07) is 7.42. The van der Waals surface area contributed by atoms with Crippen molar-refractivity contribution in [2.45, 2.75) is 38.6 Å². The van der Waals surface area contributed by atoms with Crippen molar-refractivity contribution < 1.29 is 9.53 Å². The first-order valence-corrected chi connectivity index (χ1v) is 8.86. The molecule has 0 saturated heterocycles. The first-order chi connectivity index (χ1) is 13.1. The quantitative estimate of drug-likeness (QED) is 0.493. The number of aliphatic imine (C=N–C) groups is 1. The van der Waals surface area contributed by atoms with Gasteiger partial charge in [-0.1, -0.05) is 12.1 Å². The fourth-order valence-electron chi connectivity index (χ4n) is 3.03. The molecule has 9 nitrogen and oxygen atoms in total. The third kappa shape index (κ3) is 4.82. The Hall–Kier alpha value is -2.94. The molecule has 1 atom stereocenters. The molecule has 27 heavy (non-hydrogen) atoms. The van der Waals surface area contributed by atoms with Crippen molar-refractivity contribution in [2.24, 2.45) is 10.7 Å². The molecule has 9 heteroatoms. The van der Waals surface area contributed by atoms with Crippen molar-refractivity contribution in [1.82, 2.24) is 25.4 Å². The second-order valence-electron chi connectivity index (χ2n) is 6.43. The van der Waals surface area contributed by atoms with Crippen LogP contribution in [0, 0.1) is 0 Å². The Balaban J connectivity index is 1.53. The van der Waals surface area contributed by atoms with E-state index in [1.807, 2.05) is 16.8 Å². The predicted molar refractivity (Wildman–Crippen MR) is 101 cm³/mol. The lowest BCUT2D eigenvalue weighted by molar-refractivity contribution is 0.100. The number of aryl methyl sites for hydroxylation is 1. The molecule has 2 aromatic rings. The second kappa shape index (κ2) is 8.63. The van der Waals surface area contributed by atoms with E-state index in [-0.39, 0.29) is 6.04 Å². The van der Waals surface area contributed by atoms with Gasteiger partial charge in [-0.2, -0.15) is 5.10 Å². The number of benzene rings is 1. The van der Waals surface area contributed by atoms with Gasteiger partial charge in [0.1, 0.15) is 12.4 Å². The van der Waals surface area contributed by atoms with E-state index in [0.29, 0.717) is 18.7 Å². The first kappa shape index (κ1) is 18.8. The van der Waals surface area contributed by atoms with Gasteiger partial charge in [0.05, 0.1) is 6.54 Å². The summed E-state index contributed by atoms with van der Waals surface area (Å²) in [6.45, 7) is 1.76. The number of guanidine groups is 1. The van der Waals surface area contributed by atoms with Crippen molar-refractivity contribution in [1.29, 1.82) is 0 Å². The van der Waals surface area contributed by atoms with Crippen LogP contribution in [0.2, 0.25) is 0 Å². The molecule has 0 spiro atoms. The molecule has 1 aromatic heterocycles. The molecule has 0 saturated carbocycles. The highest BCUT2D eigenvalue weighted by Crippen LogP contribution is 2.13. The monoisotopic (exact) mass is 371 g/mol. The lowest BCUT2D eigenvalue weighted by Gasteiger charge is -2.25. The minimum Gasteiger partial charge on any atom is -0.377 e. The Labute approximate surface area is 158 Å². The van der Waals surface area contributed by atoms with E-state index in [2.05, 4.69) is 25.7 Å². The van der Waals surface area contributed by atoms with Crippen LogP contribution in [0.4, 0.5) is 0 Å². The van der Waals surface area contributed by atoms with Gasteiger partial charge in [-0.25, -0.2) is 9.67 Å². The van der Waals surface area contributed by atoms with Crippen LogP contribution >= 0.6 is 0 Å². The number of rotatable bonds is 6. The number of nitrogens with one attached hydrogen (secondary N) is 2. The Morgan fingerprint density at radius 1 is 1.41 bits per heavy atom. The molecule has 2 heterocycles. The molecular formula is C18H25N7O2. The van der Waals surface area contributed by atoms with Gasteiger partial charge in [-0.3, -0.25) is 9.79 Å². The fraction of sp³-hybridized carbons (Fsp3) is 0.444. The van der Waals surface area contributed by atoms with Gasteiger partial charge in [0.25, 0.3) is 0 Å². The SMILES string of the molecule is CN=C(NCc1ccc(C(N)=O)cc1)NC1CCc2nc(COC)nn2C1. The topological polar surface area (TPSA) is 119 Å². The van der Waals surface area contributed by atoms with Gasteiger partial charge < -0.3 is 21.1 Å². The van der Waals surface area contributed by atoms with E-state index >= 15 is 0 Å². The summed E-state index contributed by atoms with van der Waals surface area (Å²) in [5, 5.41) is 11.2. The fourth-order valence-corrected chi connectivity index (χ4v) is 3.03. The molecule has 0 radical (unpaired) electrons. The molecule has 4 N–H and O–H groups in total. The summed E-state index contributed by atoms with van der Waals surface area (Å²) >= 11 is 0. The minimum absolute atomic E-state index is 0.220. The number of aromatic nitrogens is 3. The maximum atomic E-state index is 11.1. The smallest absolute Gasteiger partial charge is 0.248 e. The minimum atomic E-state index is -0.426. The van der Waals surface area contributed by atoms with E-state index in [4.69, 9.17) is 10.5 Å². The Morgan fingerprint density at radius 3 is 2.85 bits per heavy atom. The molecule has 1 aliphatic heterocycles. The molecule has 0 aliphatic carbocycles. The number of amides is 1. The van der Waals surface area contributed by atoms with Gasteiger partial charge >= 0.3 is 0 Å². The van der Waals surface area contributed by atoms with Crippen LogP contribution in [-0.2, 0) is 30.9 Å². The van der Waals surface area contributed by atoms with Gasteiger partial charge in [0, 0.05) is 38.7 Å². The number of hydrogen-bond acceptors (Lipinski definition) is 5. The number of carbonyl (C=O) groups excluding carboxylic acids is 1. The van der Waals surface area contributed by atoms with E-state index in [0.717, 1.165) is 42.6 Å². The normalized spacial score (nSPS) is 16.7. The molecule has 1 amide bonds. The summed E-state index contributed by atoms with van der Waals surface area (Å²) in [5.74, 6) is 2.01. The summed E-state index contributed by atoms with van der Waals surface area (Å²) in [4.78, 5) is 19.9. The summed E-state index contributed by atoms with van der Waals surface area (Å²) in [5.41, 5.74) is 6.80. The largest absolute Gasteiger partial charge is 0.377 e. The van der Waals surface area contributed by atoms with E-state index < -0.39 is 5.91 Å². The molecule has 0 bridgehead atoms. The number of primary amides is 1. The third-order valence-electron chi connectivity index (χ3n) is 4.44. The molecule has 1 aromatic carbocycles. The number of nitrogens with zero attached hydrogens (tertiary/aromatic N) is 4. The summed E-state index contributed by atoms with van der Waals surface area (Å²) < 4.78 is 7.04. The average molecular weight is 371 g/mol. The zero-order chi connectivity index (χ0) is 19.2. The van der Waals surface area contributed by atoms with Crippen LogP contribution in [0.15, 0.2) is 29.3 Å². The van der Waals surface area contributed by atoms with E-state index in [1.54, 1.807) is 26.3 Å². The maximum absolute atomic E-state index is 11.1. The molecule has 1 unspecified atom stereocenters. The Bertz CT molecular complexity index is 814. The number of nitrogens with two attached hydrogens (primary N) is 1. The van der Waals surface area contributed by atoms with Gasteiger partial charge in [0.2, 0.25) is 5.91 Å². The third-order valence-corrected chi connectivity index (χ3v) is 4.44. The zero-order valence-corrected chi connectivity index (χ0v) is 15.6. The van der Waals surface area contributed by atoms with Crippen LogP contribution in [0.5, 0.6) is 0 Å². The second-order valence-corrected chi connectivity index (χ2v) is 6.43. The van der Waals surface area contributed by atoms with Crippen LogP contribution in [0.3, 0.4) is 0 Å². The van der Waals surface area contributed by atoms with Crippen LogP contribution < -0.4 is 16.4 Å². The highest BCUT2D eigenvalue weighted by Gasteiger charge is 2.22. The number of fused-ring (bicyclic) bond motifs is 1. The molecule has 1 aliphatic rings. The van der Waals surface area contributed by atoms with Crippen molar-refractivity contribution in [3.63, 3.8) is 0 Å². The molecule has 144 valence electrons. The van der Waals surface area contributed by atoms with Gasteiger partial charge in [-0.15, -0.1) is 0 Å². The van der Waals surface area contributed by atoms with Gasteiger partial charge in [0.15, 0.2) is 11.8 Å². The molecule has 3 rings (SSSR count). The van der Waals surface area contributed by atoms with Crippen LogP contribution in [-0.4, -0.2) is 46.8 Å². The van der Waals surface area contributed by atoms with E-state index in [9.17, 15) is 4.79 Å². The number of carbonyl (C=O) groups is 1. The highest BCUT2D eigenvalue weighted by atomic mass is 16.5. The average Bonchev–Trinajstić information content (AvgIpc) is 3.07. The lowest BCUT2D eigenvalue weighted by Crippen LogP contribution is -2.46. The van der Waals surface area contributed by atoms with E-state index in [1.165, 1.54) is 0 Å². The van der Waals surface area contributed by atoms with Crippen molar-refractivity contribution in [2.75, 3.05) is 14.2 Å². The predicted octanol–water partition coefficient (Wildman–Crippen LogP) is 0.203. The number of ether oxygens (including phenoxy) is 1. The van der Waals surface area contributed by atoms with Crippen LogP contribution in [0.1, 0.15) is 34.0 Å². The van der Waals surface area contributed by atoms with Crippen molar-refractivity contribution >= 4 is 11.9 Å². The summed E-state index contributed by atoms with van der Waals surface area (Å²) in [7, 11) is 3.38. The number of hydrogen-bond donors (Lipinski definition) is 3. The molecule has 0 fully saturated rings. The number of methoxy groups -OCH3 is 1. The van der Waals surface area contributed by atoms with Crippen molar-refractivity contribution in [3.05, 3.63) is 47.0 Å². The Morgan fingerprint density at radius 2 is 2.19 bits per heavy atom. The Kier molecular flexibility index (Phi) is 6.02. The van der Waals surface area contributed by atoms with Crippen molar-refractivity contribution in [3.8, 4) is 0 Å². The first-order valence-electron chi connectivity index (χ1n) is 8.86. The standard InChI is InChI=1S/C18H25N7O2/c1-20-18(21-9-12-3-5-13(6-4-12)17(19)26)22-14-7-8-16-23-15(11-27-2)24-25(16)10-14/h3-6,14H,7-11H2,1-2H3,(H2,19,26)(H2,20,21,22). The maximum Gasteiger partial charge on any atom is 0.248 e. The van der Waals surface area contributed by atoms with Gasteiger partial charge in [-0.05, 0) is 24.1 Å². The van der Waals surface area contributed by atoms with Crippen LogP contribution in [0.25, 0.3) is 0 Å².